The molecule has 0 nitrogen and oxygen atoms in total. The summed E-state index contributed by atoms with van der Waals surface area (Å²) in [5, 5.41) is 4.19. The van der Waals surface area contributed by atoms with E-state index in [4.69, 9.17) is 0 Å². The van der Waals surface area contributed by atoms with Gasteiger partial charge < -0.3 is 0 Å². The van der Waals surface area contributed by atoms with Gasteiger partial charge in [-0.05, 0) is 23.8 Å². The molecule has 1 aliphatic heterocycles. The van der Waals surface area contributed by atoms with Gasteiger partial charge in [-0.2, -0.15) is 0 Å². The minimum absolute atomic E-state index is 0.446. The highest BCUT2D eigenvalue weighted by molar-refractivity contribution is 7.79. The normalized spacial score (nSPS) is 13.8. The SMILES string of the molecule is CB1CCCCC1.c1ccc(P(c2ccccc2)c2ccccc2)cc1. The molecule has 0 spiro atoms. The zero-order valence-corrected chi connectivity index (χ0v) is 16.6. The molecule has 3 aromatic carbocycles. The van der Waals surface area contributed by atoms with Crippen LogP contribution in [0.3, 0.4) is 0 Å². The van der Waals surface area contributed by atoms with Crippen molar-refractivity contribution in [1.82, 2.24) is 0 Å². The second kappa shape index (κ2) is 10.3. The van der Waals surface area contributed by atoms with E-state index in [2.05, 4.69) is 97.8 Å². The molecule has 1 heterocycles. The predicted molar refractivity (Wildman–Crippen MR) is 120 cm³/mol. The van der Waals surface area contributed by atoms with E-state index in [0.717, 1.165) is 6.71 Å². The van der Waals surface area contributed by atoms with Crippen LogP contribution in [0.4, 0.5) is 0 Å². The highest BCUT2D eigenvalue weighted by Crippen LogP contribution is 2.32. The molecular weight excluding hydrogens is 330 g/mol. The fourth-order valence-electron chi connectivity index (χ4n) is 3.49. The summed E-state index contributed by atoms with van der Waals surface area (Å²) >= 11 is 0. The van der Waals surface area contributed by atoms with Crippen molar-refractivity contribution in [2.24, 2.45) is 0 Å². The van der Waals surface area contributed by atoms with E-state index in [1.165, 1.54) is 47.8 Å². The standard InChI is InChI=1S/C18H15P.C6H13B/c1-4-10-16(11-5-1)19(17-12-6-2-7-13-17)18-14-8-3-9-15-18;1-7-5-3-2-4-6-7/h1-15H;2-6H2,1H3. The minimum Gasteiger partial charge on any atom is -0.0861 e. The van der Waals surface area contributed by atoms with Gasteiger partial charge in [0.05, 0.1) is 0 Å². The van der Waals surface area contributed by atoms with Crippen LogP contribution < -0.4 is 15.9 Å². The van der Waals surface area contributed by atoms with Crippen LogP contribution in [0.5, 0.6) is 0 Å². The van der Waals surface area contributed by atoms with E-state index in [0.29, 0.717) is 0 Å². The van der Waals surface area contributed by atoms with Crippen molar-refractivity contribution < 1.29 is 0 Å². The van der Waals surface area contributed by atoms with Gasteiger partial charge in [-0.25, -0.2) is 0 Å². The molecule has 0 bridgehead atoms. The van der Waals surface area contributed by atoms with Crippen molar-refractivity contribution in [3.63, 3.8) is 0 Å². The molecule has 0 amide bonds. The highest BCUT2D eigenvalue weighted by atomic mass is 31.1. The Hall–Kier alpha value is -1.85. The van der Waals surface area contributed by atoms with E-state index >= 15 is 0 Å². The van der Waals surface area contributed by atoms with Crippen LogP contribution in [0.25, 0.3) is 0 Å². The third-order valence-electron chi connectivity index (χ3n) is 4.94. The van der Waals surface area contributed by atoms with Crippen LogP contribution in [0, 0.1) is 0 Å². The topological polar surface area (TPSA) is 0 Å². The Morgan fingerprint density at radius 2 is 0.885 bits per heavy atom. The Kier molecular flexibility index (Phi) is 7.53. The largest absolute Gasteiger partial charge is 0.136 e. The summed E-state index contributed by atoms with van der Waals surface area (Å²) in [4.78, 5) is 0. The lowest BCUT2D eigenvalue weighted by Crippen LogP contribution is -2.20. The molecule has 2 heteroatoms. The Morgan fingerprint density at radius 1 is 0.538 bits per heavy atom. The lowest BCUT2D eigenvalue weighted by molar-refractivity contribution is 0.725. The molecule has 1 aliphatic rings. The first-order valence-corrected chi connectivity index (χ1v) is 11.1. The Labute approximate surface area is 160 Å². The fraction of sp³-hybridized carbons (Fsp3) is 0.250. The van der Waals surface area contributed by atoms with Crippen LogP contribution >= 0.6 is 7.92 Å². The van der Waals surface area contributed by atoms with Crippen LogP contribution in [0.1, 0.15) is 19.3 Å². The minimum atomic E-state index is -0.446. The first-order valence-electron chi connectivity index (χ1n) is 9.80. The van der Waals surface area contributed by atoms with E-state index in [1.807, 2.05) is 0 Å². The summed E-state index contributed by atoms with van der Waals surface area (Å²) in [6.07, 6.45) is 7.44. The van der Waals surface area contributed by atoms with Gasteiger partial charge in [-0.1, -0.05) is 130 Å². The summed E-state index contributed by atoms with van der Waals surface area (Å²) < 4.78 is 0. The summed E-state index contributed by atoms with van der Waals surface area (Å²) in [5.41, 5.74) is 0. The van der Waals surface area contributed by atoms with E-state index < -0.39 is 7.92 Å². The van der Waals surface area contributed by atoms with Gasteiger partial charge in [0.1, 0.15) is 6.71 Å². The molecule has 0 N–H and O–H groups in total. The van der Waals surface area contributed by atoms with Crippen LogP contribution in [0.15, 0.2) is 91.0 Å². The summed E-state index contributed by atoms with van der Waals surface area (Å²) in [6, 6.07) is 32.3. The lowest BCUT2D eigenvalue weighted by atomic mass is 9.44. The third kappa shape index (κ3) is 5.58. The van der Waals surface area contributed by atoms with E-state index in [9.17, 15) is 0 Å². The average Bonchev–Trinajstić information content (AvgIpc) is 2.72. The third-order valence-corrected chi connectivity index (χ3v) is 7.38. The molecular formula is C24H28BP. The molecule has 0 atom stereocenters. The number of benzene rings is 3. The smallest absolute Gasteiger partial charge is 0.0861 e. The van der Waals surface area contributed by atoms with Gasteiger partial charge in [-0.3, -0.25) is 0 Å². The summed E-state index contributed by atoms with van der Waals surface area (Å²) in [5.74, 6) is 0. The van der Waals surface area contributed by atoms with Gasteiger partial charge in [0, 0.05) is 0 Å². The number of hydrogen-bond donors (Lipinski definition) is 0. The Bertz CT molecular complexity index is 643. The quantitative estimate of drug-likeness (QED) is 0.414. The van der Waals surface area contributed by atoms with Gasteiger partial charge in [-0.15, -0.1) is 0 Å². The second-order valence-electron chi connectivity index (χ2n) is 7.09. The molecule has 4 rings (SSSR count). The van der Waals surface area contributed by atoms with Crippen molar-refractivity contribution in [3.8, 4) is 0 Å². The maximum Gasteiger partial charge on any atom is 0.136 e. The molecule has 3 aromatic rings. The van der Waals surface area contributed by atoms with E-state index in [1.54, 1.807) is 0 Å². The van der Waals surface area contributed by atoms with Crippen molar-refractivity contribution in [1.29, 1.82) is 0 Å². The fourth-order valence-corrected chi connectivity index (χ4v) is 5.79. The average molecular weight is 358 g/mol. The van der Waals surface area contributed by atoms with Gasteiger partial charge in [0.2, 0.25) is 0 Å². The number of rotatable bonds is 3. The lowest BCUT2D eigenvalue weighted by Gasteiger charge is -2.18. The van der Waals surface area contributed by atoms with Crippen molar-refractivity contribution in [3.05, 3.63) is 91.0 Å². The zero-order valence-electron chi connectivity index (χ0n) is 15.7. The molecule has 0 radical (unpaired) electrons. The maximum absolute atomic E-state index is 2.36. The van der Waals surface area contributed by atoms with Crippen molar-refractivity contribution >= 4 is 30.5 Å². The molecule has 0 aromatic heterocycles. The highest BCUT2D eigenvalue weighted by Gasteiger charge is 2.15. The van der Waals surface area contributed by atoms with Crippen LogP contribution in [-0.4, -0.2) is 6.71 Å². The molecule has 26 heavy (non-hydrogen) atoms. The summed E-state index contributed by atoms with van der Waals surface area (Å²) in [7, 11) is -0.446. The number of hydrogen-bond acceptors (Lipinski definition) is 0. The van der Waals surface area contributed by atoms with Crippen molar-refractivity contribution in [2.45, 2.75) is 38.7 Å². The summed E-state index contributed by atoms with van der Waals surface area (Å²) in [6.45, 7) is 3.40. The second-order valence-corrected chi connectivity index (χ2v) is 9.31. The molecule has 132 valence electrons. The molecule has 1 saturated heterocycles. The first-order chi connectivity index (χ1) is 12.8. The molecule has 0 aliphatic carbocycles. The monoisotopic (exact) mass is 358 g/mol. The maximum atomic E-state index is 2.36. The van der Waals surface area contributed by atoms with Gasteiger partial charge >= 0.3 is 0 Å². The zero-order chi connectivity index (χ0) is 18.0. The Balaban J connectivity index is 0.000000236. The molecule has 0 unspecified atom stereocenters. The van der Waals surface area contributed by atoms with Crippen molar-refractivity contribution in [2.75, 3.05) is 0 Å². The van der Waals surface area contributed by atoms with E-state index in [-0.39, 0.29) is 0 Å². The first kappa shape index (κ1) is 18.9. The predicted octanol–water partition coefficient (Wildman–Crippen LogP) is 5.74. The Morgan fingerprint density at radius 3 is 1.15 bits per heavy atom. The molecule has 1 fully saturated rings. The van der Waals surface area contributed by atoms with Gasteiger partial charge in [0.15, 0.2) is 0 Å². The van der Waals surface area contributed by atoms with Crippen LogP contribution in [-0.2, 0) is 0 Å². The van der Waals surface area contributed by atoms with Crippen LogP contribution in [0.2, 0.25) is 19.5 Å². The van der Waals surface area contributed by atoms with Gasteiger partial charge in [0.25, 0.3) is 0 Å². The molecule has 0 saturated carbocycles.